The summed E-state index contributed by atoms with van der Waals surface area (Å²) in [6.45, 7) is 2.75. The van der Waals surface area contributed by atoms with Crippen molar-refractivity contribution < 1.29 is 9.59 Å². The largest absolute Gasteiger partial charge is 0.331 e. The Kier molecular flexibility index (Phi) is 3.87. The van der Waals surface area contributed by atoms with Crippen LogP contribution in [0.4, 0.5) is 16.4 Å². The summed E-state index contributed by atoms with van der Waals surface area (Å²) in [7, 11) is 0. The molecule has 3 amide bonds. The SMILES string of the molecule is CC(NC(=O)Nc1nc2n(n1)CCCC2)c1ccc2c(c1)CC(=O)N2. The van der Waals surface area contributed by atoms with Gasteiger partial charge in [-0.15, -0.1) is 5.10 Å². The van der Waals surface area contributed by atoms with E-state index in [0.29, 0.717) is 12.4 Å². The molecule has 0 aliphatic carbocycles. The molecule has 2 aliphatic rings. The van der Waals surface area contributed by atoms with Crippen LogP contribution < -0.4 is 16.0 Å². The standard InChI is InChI=1S/C17H20N6O2/c1-10(11-5-6-13-12(8-11)9-15(24)19-13)18-17(25)21-16-20-14-4-2-3-7-23(14)22-16/h5-6,8,10H,2-4,7,9H2,1H3,(H,19,24)(H2,18,21,22,25). The highest BCUT2D eigenvalue weighted by atomic mass is 16.2. The molecule has 0 bridgehead atoms. The minimum Gasteiger partial charge on any atom is -0.331 e. The first kappa shape index (κ1) is 15.6. The lowest BCUT2D eigenvalue weighted by Gasteiger charge is -2.15. The second kappa shape index (κ2) is 6.19. The summed E-state index contributed by atoms with van der Waals surface area (Å²) in [5.41, 5.74) is 2.75. The minimum absolute atomic E-state index is 0.000304. The number of urea groups is 1. The first-order chi connectivity index (χ1) is 12.1. The molecular formula is C17H20N6O2. The van der Waals surface area contributed by atoms with Crippen LogP contribution in [0.1, 0.15) is 42.8 Å². The molecule has 2 aromatic rings. The number of nitrogens with one attached hydrogen (secondary N) is 3. The van der Waals surface area contributed by atoms with Crippen LogP contribution in [0.15, 0.2) is 18.2 Å². The number of carbonyl (C=O) groups excluding carboxylic acids is 2. The van der Waals surface area contributed by atoms with E-state index in [-0.39, 0.29) is 18.0 Å². The molecule has 8 nitrogen and oxygen atoms in total. The van der Waals surface area contributed by atoms with Crippen LogP contribution in [-0.2, 0) is 24.2 Å². The molecule has 1 aromatic carbocycles. The van der Waals surface area contributed by atoms with Crippen molar-refractivity contribution in [2.24, 2.45) is 0 Å². The molecule has 2 aliphatic heterocycles. The van der Waals surface area contributed by atoms with Gasteiger partial charge in [0.15, 0.2) is 0 Å². The van der Waals surface area contributed by atoms with E-state index in [4.69, 9.17) is 0 Å². The number of aromatic nitrogens is 3. The van der Waals surface area contributed by atoms with Crippen LogP contribution in [-0.4, -0.2) is 26.7 Å². The second-order valence-corrected chi connectivity index (χ2v) is 6.49. The lowest BCUT2D eigenvalue weighted by Crippen LogP contribution is -2.31. The summed E-state index contributed by atoms with van der Waals surface area (Å²) in [6.07, 6.45) is 3.48. The monoisotopic (exact) mass is 340 g/mol. The van der Waals surface area contributed by atoms with E-state index in [1.807, 2.05) is 29.8 Å². The van der Waals surface area contributed by atoms with Gasteiger partial charge < -0.3 is 10.6 Å². The van der Waals surface area contributed by atoms with E-state index in [1.54, 1.807) is 0 Å². The van der Waals surface area contributed by atoms with E-state index in [0.717, 1.165) is 48.4 Å². The number of rotatable bonds is 3. The number of anilines is 2. The number of carbonyl (C=O) groups is 2. The van der Waals surface area contributed by atoms with Crippen molar-refractivity contribution in [2.45, 2.75) is 45.2 Å². The van der Waals surface area contributed by atoms with Crippen LogP contribution in [0.5, 0.6) is 0 Å². The number of hydrogen-bond acceptors (Lipinski definition) is 4. The fraction of sp³-hybridized carbons (Fsp3) is 0.412. The van der Waals surface area contributed by atoms with Gasteiger partial charge in [-0.25, -0.2) is 9.48 Å². The molecule has 1 aromatic heterocycles. The van der Waals surface area contributed by atoms with Gasteiger partial charge in [-0.2, -0.15) is 4.98 Å². The molecule has 1 atom stereocenters. The normalized spacial score (nSPS) is 16.6. The smallest absolute Gasteiger partial charge is 0.322 e. The number of aryl methyl sites for hydroxylation is 2. The summed E-state index contributed by atoms with van der Waals surface area (Å²) >= 11 is 0. The van der Waals surface area contributed by atoms with Gasteiger partial charge in [-0.05, 0) is 37.0 Å². The Morgan fingerprint density at radius 3 is 3.08 bits per heavy atom. The number of amides is 3. The Balaban J connectivity index is 1.40. The van der Waals surface area contributed by atoms with Gasteiger partial charge in [0.25, 0.3) is 0 Å². The Bertz CT molecular complexity index is 820. The summed E-state index contributed by atoms with van der Waals surface area (Å²) in [4.78, 5) is 28.0. The van der Waals surface area contributed by atoms with Crippen molar-refractivity contribution >= 4 is 23.6 Å². The molecule has 1 unspecified atom stereocenters. The Labute approximate surface area is 145 Å². The van der Waals surface area contributed by atoms with Crippen LogP contribution in [0.3, 0.4) is 0 Å². The number of hydrogen-bond donors (Lipinski definition) is 3. The Morgan fingerprint density at radius 2 is 2.24 bits per heavy atom. The van der Waals surface area contributed by atoms with Gasteiger partial charge in [-0.3, -0.25) is 10.1 Å². The fourth-order valence-corrected chi connectivity index (χ4v) is 3.27. The van der Waals surface area contributed by atoms with E-state index in [9.17, 15) is 9.59 Å². The lowest BCUT2D eigenvalue weighted by atomic mass is 10.0. The van der Waals surface area contributed by atoms with Gasteiger partial charge in [0, 0.05) is 18.7 Å². The zero-order valence-corrected chi connectivity index (χ0v) is 14.0. The van der Waals surface area contributed by atoms with Crippen molar-refractivity contribution in [2.75, 3.05) is 10.6 Å². The lowest BCUT2D eigenvalue weighted by molar-refractivity contribution is -0.115. The van der Waals surface area contributed by atoms with Crippen LogP contribution >= 0.6 is 0 Å². The summed E-state index contributed by atoms with van der Waals surface area (Å²) in [5.74, 6) is 1.26. The zero-order valence-electron chi connectivity index (χ0n) is 14.0. The van der Waals surface area contributed by atoms with Gasteiger partial charge in [0.05, 0.1) is 12.5 Å². The molecule has 3 N–H and O–H groups in total. The molecule has 0 saturated carbocycles. The van der Waals surface area contributed by atoms with E-state index < -0.39 is 0 Å². The fourth-order valence-electron chi connectivity index (χ4n) is 3.27. The highest BCUT2D eigenvalue weighted by Gasteiger charge is 2.20. The summed E-state index contributed by atoms with van der Waals surface area (Å²) in [5, 5.41) is 12.7. The molecule has 0 fully saturated rings. The summed E-state index contributed by atoms with van der Waals surface area (Å²) < 4.78 is 1.85. The van der Waals surface area contributed by atoms with Crippen molar-refractivity contribution in [3.05, 3.63) is 35.2 Å². The van der Waals surface area contributed by atoms with Crippen molar-refractivity contribution in [3.8, 4) is 0 Å². The molecule has 0 spiro atoms. The second-order valence-electron chi connectivity index (χ2n) is 6.49. The first-order valence-electron chi connectivity index (χ1n) is 8.52. The maximum absolute atomic E-state index is 12.2. The Morgan fingerprint density at radius 1 is 1.36 bits per heavy atom. The topological polar surface area (TPSA) is 101 Å². The number of nitrogens with zero attached hydrogens (tertiary/aromatic N) is 3. The number of benzene rings is 1. The minimum atomic E-state index is -0.342. The Hall–Kier alpha value is -2.90. The molecule has 4 rings (SSSR count). The molecule has 8 heteroatoms. The molecule has 25 heavy (non-hydrogen) atoms. The molecule has 3 heterocycles. The van der Waals surface area contributed by atoms with E-state index in [2.05, 4.69) is 26.0 Å². The van der Waals surface area contributed by atoms with Crippen LogP contribution in [0.2, 0.25) is 0 Å². The van der Waals surface area contributed by atoms with Gasteiger partial charge in [0.1, 0.15) is 5.82 Å². The molecule has 0 radical (unpaired) electrons. The highest BCUT2D eigenvalue weighted by molar-refractivity contribution is 5.99. The molecule has 130 valence electrons. The molecule has 0 saturated heterocycles. The van der Waals surface area contributed by atoms with Crippen molar-refractivity contribution in [3.63, 3.8) is 0 Å². The first-order valence-corrected chi connectivity index (χ1v) is 8.52. The zero-order chi connectivity index (χ0) is 17.4. The molecular weight excluding hydrogens is 320 g/mol. The average Bonchev–Trinajstić information content (AvgIpc) is 3.14. The van der Waals surface area contributed by atoms with Gasteiger partial charge in [0.2, 0.25) is 11.9 Å². The quantitative estimate of drug-likeness (QED) is 0.795. The third kappa shape index (κ3) is 3.19. The number of fused-ring (bicyclic) bond motifs is 2. The average molecular weight is 340 g/mol. The van der Waals surface area contributed by atoms with E-state index >= 15 is 0 Å². The third-order valence-corrected chi connectivity index (χ3v) is 4.60. The van der Waals surface area contributed by atoms with Crippen LogP contribution in [0, 0.1) is 0 Å². The maximum Gasteiger partial charge on any atom is 0.322 e. The van der Waals surface area contributed by atoms with Gasteiger partial charge >= 0.3 is 6.03 Å². The van der Waals surface area contributed by atoms with Crippen molar-refractivity contribution in [1.82, 2.24) is 20.1 Å². The summed E-state index contributed by atoms with van der Waals surface area (Å²) in [6, 6.07) is 5.19. The maximum atomic E-state index is 12.2. The third-order valence-electron chi connectivity index (χ3n) is 4.60. The van der Waals surface area contributed by atoms with E-state index in [1.165, 1.54) is 0 Å². The van der Waals surface area contributed by atoms with Crippen LogP contribution in [0.25, 0.3) is 0 Å². The highest BCUT2D eigenvalue weighted by Crippen LogP contribution is 2.26. The van der Waals surface area contributed by atoms with Crippen molar-refractivity contribution in [1.29, 1.82) is 0 Å². The predicted molar refractivity (Wildman–Crippen MR) is 92.3 cm³/mol. The van der Waals surface area contributed by atoms with Gasteiger partial charge in [-0.1, -0.05) is 12.1 Å². The predicted octanol–water partition coefficient (Wildman–Crippen LogP) is 1.99.